The number of rotatable bonds is 7. The van der Waals surface area contributed by atoms with Crippen molar-refractivity contribution in [2.45, 2.75) is 59.6 Å². The molecule has 0 spiro atoms. The molecule has 0 fully saturated rings. The van der Waals surface area contributed by atoms with Gasteiger partial charge in [0.1, 0.15) is 0 Å². The lowest BCUT2D eigenvalue weighted by Gasteiger charge is -2.30. The van der Waals surface area contributed by atoms with Crippen molar-refractivity contribution in [1.82, 2.24) is 34.9 Å². The maximum Gasteiger partial charge on any atom is 0.261 e. The van der Waals surface area contributed by atoms with Crippen LogP contribution >= 0.6 is 0 Å². The molecular formula is C24H32N8O2. The van der Waals surface area contributed by atoms with Crippen LogP contribution in [0, 0.1) is 5.92 Å². The molecule has 4 aromatic rings. The van der Waals surface area contributed by atoms with Crippen LogP contribution in [0.5, 0.6) is 0 Å². The van der Waals surface area contributed by atoms with Crippen LogP contribution < -0.4 is 5.73 Å². The molecule has 0 saturated heterocycles. The van der Waals surface area contributed by atoms with E-state index in [1.54, 1.807) is 36.4 Å². The van der Waals surface area contributed by atoms with Crippen molar-refractivity contribution in [2.24, 2.45) is 5.92 Å². The number of nitrogen functional groups attached to an aromatic ring is 1. The normalized spacial score (nSPS) is 13.8. The Morgan fingerprint density at radius 3 is 2.32 bits per heavy atom. The highest BCUT2D eigenvalue weighted by Crippen LogP contribution is 2.38. The minimum Gasteiger partial charge on any atom is -0.391 e. The van der Waals surface area contributed by atoms with Crippen molar-refractivity contribution in [3.8, 4) is 22.7 Å². The monoisotopic (exact) mass is 464 g/mol. The van der Waals surface area contributed by atoms with Gasteiger partial charge in [-0.25, -0.2) is 9.97 Å². The lowest BCUT2D eigenvalue weighted by atomic mass is 9.73. The second kappa shape index (κ2) is 10.5. The molecule has 2 atom stereocenters. The Morgan fingerprint density at radius 1 is 1.03 bits per heavy atom. The summed E-state index contributed by atoms with van der Waals surface area (Å²) in [5, 5.41) is 18.1. The summed E-state index contributed by atoms with van der Waals surface area (Å²) in [6.45, 7) is 12.4. The first kappa shape index (κ1) is 25.0. The Balaban J connectivity index is 0.00000158. The van der Waals surface area contributed by atoms with Crippen molar-refractivity contribution >= 4 is 5.95 Å². The van der Waals surface area contributed by atoms with E-state index in [-0.39, 0.29) is 11.9 Å². The number of hydrogen-bond donors (Lipinski definition) is 2. The highest BCUT2D eigenvalue weighted by atomic mass is 16.5. The zero-order valence-electron chi connectivity index (χ0n) is 20.5. The van der Waals surface area contributed by atoms with Gasteiger partial charge >= 0.3 is 0 Å². The highest BCUT2D eigenvalue weighted by Gasteiger charge is 2.38. The Morgan fingerprint density at radius 2 is 1.74 bits per heavy atom. The summed E-state index contributed by atoms with van der Waals surface area (Å²) in [6, 6.07) is 3.93. The molecule has 180 valence electrons. The molecule has 10 nitrogen and oxygen atoms in total. The van der Waals surface area contributed by atoms with Crippen LogP contribution in [0.25, 0.3) is 22.7 Å². The molecule has 0 radical (unpaired) electrons. The third-order valence-electron chi connectivity index (χ3n) is 5.71. The lowest BCUT2D eigenvalue weighted by molar-refractivity contribution is 0.168. The van der Waals surface area contributed by atoms with Crippen LogP contribution in [0.3, 0.4) is 0 Å². The van der Waals surface area contributed by atoms with Gasteiger partial charge in [-0.3, -0.25) is 9.67 Å². The summed E-state index contributed by atoms with van der Waals surface area (Å²) in [5.41, 5.74) is 8.24. The van der Waals surface area contributed by atoms with Gasteiger partial charge in [-0.2, -0.15) is 10.1 Å². The van der Waals surface area contributed by atoms with Crippen molar-refractivity contribution < 1.29 is 9.63 Å². The van der Waals surface area contributed by atoms with Crippen LogP contribution in [-0.2, 0) is 12.0 Å². The molecule has 4 aromatic heterocycles. The maximum absolute atomic E-state index is 9.56. The SMILES string of the molecule is CC.CC(O)Cn1cc(-c2nc(C(C)(c3ccc(-c4cnc(N)nc4)nc3)C(C)C)no2)cn1. The second-order valence-corrected chi connectivity index (χ2v) is 8.34. The molecule has 0 aliphatic rings. The third kappa shape index (κ3) is 5.12. The van der Waals surface area contributed by atoms with Crippen LogP contribution in [0.4, 0.5) is 5.95 Å². The van der Waals surface area contributed by atoms with Gasteiger partial charge < -0.3 is 15.4 Å². The molecule has 0 aliphatic heterocycles. The van der Waals surface area contributed by atoms with E-state index in [4.69, 9.17) is 10.3 Å². The number of anilines is 1. The molecule has 0 amide bonds. The molecule has 2 unspecified atom stereocenters. The van der Waals surface area contributed by atoms with Crippen molar-refractivity contribution in [2.75, 3.05) is 5.73 Å². The van der Waals surface area contributed by atoms with E-state index in [1.165, 1.54) is 0 Å². The fourth-order valence-electron chi connectivity index (χ4n) is 3.46. The zero-order chi connectivity index (χ0) is 24.9. The standard InChI is InChI=1S/C22H26N8O2.C2H6/c1-13(2)22(4,17-5-6-18(24-10-17)15-7-25-21(23)26-8-15)20-28-19(32-29-20)16-9-27-30(12-16)11-14(3)31;1-2/h5-10,12-14,31H,11H2,1-4H3,(H2,23,25,26);1-2H3. The van der Waals surface area contributed by atoms with Crippen molar-refractivity contribution in [3.05, 3.63) is 54.5 Å². The minimum absolute atomic E-state index is 0.165. The quantitative estimate of drug-likeness (QED) is 0.418. The Labute approximate surface area is 199 Å². The summed E-state index contributed by atoms with van der Waals surface area (Å²) in [4.78, 5) is 17.3. The molecule has 10 heteroatoms. The minimum atomic E-state index is -0.527. The number of nitrogens with zero attached hydrogens (tertiary/aromatic N) is 7. The maximum atomic E-state index is 9.56. The average molecular weight is 465 g/mol. The third-order valence-corrected chi connectivity index (χ3v) is 5.71. The fraction of sp³-hybridized carbons (Fsp3) is 0.417. The summed E-state index contributed by atoms with van der Waals surface area (Å²) in [7, 11) is 0. The molecular weight excluding hydrogens is 432 g/mol. The molecule has 0 bridgehead atoms. The Hall–Kier alpha value is -3.66. The van der Waals surface area contributed by atoms with Crippen LogP contribution in [-0.4, -0.2) is 46.1 Å². The summed E-state index contributed by atoms with van der Waals surface area (Å²) in [5.74, 6) is 1.34. The van der Waals surface area contributed by atoms with Gasteiger partial charge in [0.15, 0.2) is 5.82 Å². The van der Waals surface area contributed by atoms with Gasteiger partial charge in [-0.05, 0) is 31.4 Å². The van der Waals surface area contributed by atoms with Crippen LogP contribution in [0.2, 0.25) is 0 Å². The van der Waals surface area contributed by atoms with Crippen molar-refractivity contribution in [3.63, 3.8) is 0 Å². The Bertz CT molecular complexity index is 1180. The smallest absolute Gasteiger partial charge is 0.261 e. The summed E-state index contributed by atoms with van der Waals surface area (Å²) < 4.78 is 7.21. The molecule has 4 heterocycles. The Kier molecular flexibility index (Phi) is 7.72. The number of pyridine rings is 1. The summed E-state index contributed by atoms with van der Waals surface area (Å²) >= 11 is 0. The number of hydrogen-bond acceptors (Lipinski definition) is 9. The van der Waals surface area contributed by atoms with Gasteiger partial charge in [0.2, 0.25) is 5.95 Å². The van der Waals surface area contributed by atoms with E-state index in [1.807, 2.05) is 32.2 Å². The number of aliphatic hydroxyl groups excluding tert-OH is 1. The molecule has 0 saturated carbocycles. The molecule has 3 N–H and O–H groups in total. The lowest BCUT2D eigenvalue weighted by Crippen LogP contribution is -2.31. The van der Waals surface area contributed by atoms with Gasteiger partial charge in [0.25, 0.3) is 5.89 Å². The van der Waals surface area contributed by atoms with Gasteiger partial charge in [-0.15, -0.1) is 0 Å². The predicted molar refractivity (Wildman–Crippen MR) is 130 cm³/mol. The predicted octanol–water partition coefficient (Wildman–Crippen LogP) is 3.74. The second-order valence-electron chi connectivity index (χ2n) is 8.34. The van der Waals surface area contributed by atoms with Gasteiger partial charge in [0.05, 0.1) is 35.5 Å². The van der Waals surface area contributed by atoms with E-state index in [0.29, 0.717) is 23.8 Å². The van der Waals surface area contributed by atoms with E-state index < -0.39 is 11.5 Å². The van der Waals surface area contributed by atoms with E-state index >= 15 is 0 Å². The molecule has 34 heavy (non-hydrogen) atoms. The first-order valence-electron chi connectivity index (χ1n) is 11.4. The topological polar surface area (TPSA) is 142 Å². The number of nitrogens with two attached hydrogens (primary N) is 1. The van der Waals surface area contributed by atoms with Crippen molar-refractivity contribution in [1.29, 1.82) is 0 Å². The van der Waals surface area contributed by atoms with Crippen LogP contribution in [0.15, 0.2) is 47.6 Å². The van der Waals surface area contributed by atoms with E-state index in [9.17, 15) is 5.11 Å². The van der Waals surface area contributed by atoms with E-state index in [0.717, 1.165) is 16.8 Å². The zero-order valence-corrected chi connectivity index (χ0v) is 20.5. The van der Waals surface area contributed by atoms with Crippen LogP contribution in [0.1, 0.15) is 52.9 Å². The molecule has 0 aromatic carbocycles. The highest BCUT2D eigenvalue weighted by molar-refractivity contribution is 5.58. The average Bonchev–Trinajstić information content (AvgIpc) is 3.50. The van der Waals surface area contributed by atoms with Gasteiger partial charge in [0, 0.05) is 30.4 Å². The molecule has 4 rings (SSSR count). The summed E-state index contributed by atoms with van der Waals surface area (Å²) in [6.07, 6.45) is 8.05. The first-order valence-corrected chi connectivity index (χ1v) is 11.4. The van der Waals surface area contributed by atoms with Gasteiger partial charge in [-0.1, -0.05) is 38.9 Å². The number of aliphatic hydroxyl groups is 1. The fourth-order valence-corrected chi connectivity index (χ4v) is 3.46. The number of aromatic nitrogens is 7. The largest absolute Gasteiger partial charge is 0.391 e. The first-order chi connectivity index (χ1) is 16.3. The van der Waals surface area contributed by atoms with E-state index in [2.05, 4.69) is 51.0 Å². The molecule has 0 aliphatic carbocycles.